The van der Waals surface area contributed by atoms with Crippen molar-refractivity contribution < 1.29 is 0 Å². The molecule has 0 atom stereocenters. The lowest BCUT2D eigenvalue weighted by Gasteiger charge is -2.06. The first-order valence-corrected chi connectivity index (χ1v) is 6.87. The molecule has 1 aliphatic carbocycles. The Bertz CT molecular complexity index is 566. The summed E-state index contributed by atoms with van der Waals surface area (Å²) in [6.07, 6.45) is 2.49. The second-order valence-corrected chi connectivity index (χ2v) is 5.52. The molecule has 1 aliphatic rings. The number of rotatable bonds is 4. The molecule has 0 amide bonds. The Kier molecular flexibility index (Phi) is 3.32. The average molecular weight is 329 g/mol. The van der Waals surface area contributed by atoms with Crippen LogP contribution in [0.25, 0.3) is 5.69 Å². The van der Waals surface area contributed by atoms with E-state index in [2.05, 4.69) is 36.8 Å². The average Bonchev–Trinajstić information content (AvgIpc) is 3.08. The number of nitrogens with one attached hydrogen (secondary N) is 1. The Morgan fingerprint density at radius 2 is 2.28 bits per heavy atom. The molecule has 1 saturated carbocycles. The van der Waals surface area contributed by atoms with Crippen LogP contribution in [-0.4, -0.2) is 26.2 Å². The molecule has 5 nitrogen and oxygen atoms in total. The molecule has 1 N–H and O–H groups in total. The van der Waals surface area contributed by atoms with E-state index in [1.807, 2.05) is 18.2 Å². The molecule has 1 aromatic carbocycles. The number of tetrazole rings is 1. The third-order valence-electron chi connectivity index (χ3n) is 2.81. The van der Waals surface area contributed by atoms with E-state index in [1.165, 1.54) is 12.8 Å². The van der Waals surface area contributed by atoms with Crippen LogP contribution in [0.2, 0.25) is 5.02 Å². The van der Waals surface area contributed by atoms with Crippen LogP contribution in [0.1, 0.15) is 18.7 Å². The Hall–Kier alpha value is -0.980. The van der Waals surface area contributed by atoms with Gasteiger partial charge in [0.15, 0.2) is 5.82 Å². The number of nitrogens with zero attached hydrogens (tertiary/aromatic N) is 4. The molecule has 1 heterocycles. The van der Waals surface area contributed by atoms with Gasteiger partial charge in [0.05, 0.1) is 17.3 Å². The highest BCUT2D eigenvalue weighted by Gasteiger charge is 2.21. The van der Waals surface area contributed by atoms with Gasteiger partial charge in [-0.3, -0.25) is 0 Å². The first-order valence-electron chi connectivity index (χ1n) is 5.70. The van der Waals surface area contributed by atoms with Gasteiger partial charge in [-0.1, -0.05) is 11.6 Å². The quantitative estimate of drug-likeness (QED) is 0.936. The molecule has 0 radical (unpaired) electrons. The predicted molar refractivity (Wildman–Crippen MR) is 71.7 cm³/mol. The molecule has 0 saturated heterocycles. The summed E-state index contributed by atoms with van der Waals surface area (Å²) < 4.78 is 2.55. The van der Waals surface area contributed by atoms with E-state index in [1.54, 1.807) is 4.68 Å². The van der Waals surface area contributed by atoms with Crippen LogP contribution >= 0.6 is 27.5 Å². The fourth-order valence-corrected chi connectivity index (χ4v) is 2.14. The Balaban J connectivity index is 1.85. The molecule has 7 heteroatoms. The van der Waals surface area contributed by atoms with Crippen molar-refractivity contribution in [1.82, 2.24) is 25.5 Å². The molecular formula is C11H11BrClN5. The smallest absolute Gasteiger partial charge is 0.170 e. The lowest BCUT2D eigenvalue weighted by molar-refractivity contribution is 0.637. The van der Waals surface area contributed by atoms with E-state index in [9.17, 15) is 0 Å². The van der Waals surface area contributed by atoms with E-state index in [4.69, 9.17) is 11.6 Å². The summed E-state index contributed by atoms with van der Waals surface area (Å²) in [5.41, 5.74) is 0.892. The number of hydrogen-bond donors (Lipinski definition) is 1. The Morgan fingerprint density at radius 3 is 3.00 bits per heavy atom. The van der Waals surface area contributed by atoms with Gasteiger partial charge in [0.2, 0.25) is 0 Å². The number of halogens is 2. The van der Waals surface area contributed by atoms with Crippen molar-refractivity contribution in [2.75, 3.05) is 0 Å². The van der Waals surface area contributed by atoms with Crippen molar-refractivity contribution in [3.8, 4) is 5.69 Å². The fraction of sp³-hybridized carbons (Fsp3) is 0.364. The minimum Gasteiger partial charge on any atom is -0.307 e. The van der Waals surface area contributed by atoms with E-state index in [0.29, 0.717) is 17.6 Å². The van der Waals surface area contributed by atoms with Gasteiger partial charge in [-0.2, -0.15) is 4.68 Å². The van der Waals surface area contributed by atoms with Crippen molar-refractivity contribution in [3.63, 3.8) is 0 Å². The monoisotopic (exact) mass is 327 g/mol. The van der Waals surface area contributed by atoms with Gasteiger partial charge >= 0.3 is 0 Å². The predicted octanol–water partition coefficient (Wildman–Crippen LogP) is 2.33. The third kappa shape index (κ3) is 2.55. The third-order valence-corrected chi connectivity index (χ3v) is 4.02. The summed E-state index contributed by atoms with van der Waals surface area (Å²) in [7, 11) is 0. The maximum absolute atomic E-state index is 5.97. The minimum atomic E-state index is 0.632. The molecule has 0 unspecified atom stereocenters. The lowest BCUT2D eigenvalue weighted by Crippen LogP contribution is -2.18. The van der Waals surface area contributed by atoms with E-state index in [0.717, 1.165) is 16.0 Å². The molecular weight excluding hydrogens is 318 g/mol. The van der Waals surface area contributed by atoms with E-state index >= 15 is 0 Å². The minimum absolute atomic E-state index is 0.632. The number of hydrogen-bond acceptors (Lipinski definition) is 4. The zero-order valence-electron chi connectivity index (χ0n) is 9.48. The highest BCUT2D eigenvalue weighted by atomic mass is 79.9. The molecule has 3 rings (SSSR count). The van der Waals surface area contributed by atoms with Gasteiger partial charge in [0, 0.05) is 10.5 Å². The van der Waals surface area contributed by atoms with Crippen LogP contribution in [0, 0.1) is 0 Å². The summed E-state index contributed by atoms with van der Waals surface area (Å²) in [5.74, 6) is 0.802. The summed E-state index contributed by atoms with van der Waals surface area (Å²) in [4.78, 5) is 0. The number of aromatic nitrogens is 4. The van der Waals surface area contributed by atoms with Gasteiger partial charge in [0.1, 0.15) is 0 Å². The van der Waals surface area contributed by atoms with Crippen molar-refractivity contribution >= 4 is 27.5 Å². The maximum atomic E-state index is 5.97. The molecule has 94 valence electrons. The van der Waals surface area contributed by atoms with Crippen LogP contribution in [0.3, 0.4) is 0 Å². The van der Waals surface area contributed by atoms with Crippen molar-refractivity contribution in [1.29, 1.82) is 0 Å². The standard InChI is InChI=1S/C11H11BrClN5/c12-9-5-8(3-4-10(9)13)18-11(15-16-17-18)6-14-7-1-2-7/h3-5,7,14H,1-2,6H2. The molecule has 1 aromatic heterocycles. The zero-order valence-corrected chi connectivity index (χ0v) is 11.8. The van der Waals surface area contributed by atoms with Gasteiger partial charge in [-0.25, -0.2) is 0 Å². The van der Waals surface area contributed by atoms with Crippen LogP contribution in [0.4, 0.5) is 0 Å². The fourth-order valence-electron chi connectivity index (χ4n) is 1.66. The molecule has 1 fully saturated rings. The van der Waals surface area contributed by atoms with Crippen LogP contribution < -0.4 is 5.32 Å². The van der Waals surface area contributed by atoms with E-state index in [-0.39, 0.29) is 0 Å². The highest BCUT2D eigenvalue weighted by Crippen LogP contribution is 2.25. The summed E-state index contributed by atoms with van der Waals surface area (Å²) >= 11 is 9.37. The molecule has 0 aliphatic heterocycles. The molecule has 0 bridgehead atoms. The van der Waals surface area contributed by atoms with Crippen LogP contribution in [-0.2, 0) is 6.54 Å². The largest absolute Gasteiger partial charge is 0.307 e. The maximum Gasteiger partial charge on any atom is 0.170 e. The van der Waals surface area contributed by atoms with Gasteiger partial charge in [-0.05, 0) is 57.4 Å². The lowest BCUT2D eigenvalue weighted by atomic mass is 10.3. The SMILES string of the molecule is Clc1ccc(-n2nnnc2CNC2CC2)cc1Br. The first-order chi connectivity index (χ1) is 8.74. The van der Waals surface area contributed by atoms with Crippen molar-refractivity contribution in [3.05, 3.63) is 33.5 Å². The van der Waals surface area contributed by atoms with Crippen molar-refractivity contribution in [2.24, 2.45) is 0 Å². The zero-order chi connectivity index (χ0) is 12.5. The van der Waals surface area contributed by atoms with E-state index < -0.39 is 0 Å². The van der Waals surface area contributed by atoms with Gasteiger partial charge < -0.3 is 5.32 Å². The Labute approximate surface area is 118 Å². The second-order valence-electron chi connectivity index (χ2n) is 4.26. The molecule has 18 heavy (non-hydrogen) atoms. The molecule has 2 aromatic rings. The first kappa shape index (κ1) is 12.1. The Morgan fingerprint density at radius 1 is 1.44 bits per heavy atom. The number of benzene rings is 1. The van der Waals surface area contributed by atoms with Crippen molar-refractivity contribution in [2.45, 2.75) is 25.4 Å². The molecule has 0 spiro atoms. The highest BCUT2D eigenvalue weighted by molar-refractivity contribution is 9.10. The normalized spacial score (nSPS) is 15.0. The second kappa shape index (κ2) is 4.95. The topological polar surface area (TPSA) is 55.6 Å². The van der Waals surface area contributed by atoms with Gasteiger partial charge in [0.25, 0.3) is 0 Å². The summed E-state index contributed by atoms with van der Waals surface area (Å²) in [6, 6.07) is 6.25. The van der Waals surface area contributed by atoms with Crippen LogP contribution in [0.5, 0.6) is 0 Å². The summed E-state index contributed by atoms with van der Waals surface area (Å²) in [5, 5.41) is 15.8. The van der Waals surface area contributed by atoms with Crippen LogP contribution in [0.15, 0.2) is 22.7 Å². The summed E-state index contributed by atoms with van der Waals surface area (Å²) in [6.45, 7) is 0.678. The van der Waals surface area contributed by atoms with Gasteiger partial charge in [-0.15, -0.1) is 5.10 Å².